The van der Waals surface area contributed by atoms with E-state index in [1.165, 1.54) is 13.0 Å². The lowest BCUT2D eigenvalue weighted by molar-refractivity contribution is -0.318. The smallest absolute Gasteiger partial charge is 0.239 e. The van der Waals surface area contributed by atoms with Crippen molar-refractivity contribution >= 4 is 11.0 Å². The van der Waals surface area contributed by atoms with Crippen molar-refractivity contribution in [2.45, 2.75) is 68.3 Å². The number of rotatable bonds is 6. The quantitative estimate of drug-likeness (QED) is 0.140. The van der Waals surface area contributed by atoms with Gasteiger partial charge in [-0.25, -0.2) is 0 Å². The van der Waals surface area contributed by atoms with Gasteiger partial charge in [-0.15, -0.1) is 0 Å². The Kier molecular flexibility index (Phi) is 8.41. The van der Waals surface area contributed by atoms with Crippen LogP contribution in [0.3, 0.4) is 0 Å². The van der Waals surface area contributed by atoms with Gasteiger partial charge < -0.3 is 74.4 Å². The minimum Gasteiger partial charge on any atom is -0.508 e. The molecule has 43 heavy (non-hydrogen) atoms. The van der Waals surface area contributed by atoms with Crippen LogP contribution in [0.1, 0.15) is 6.92 Å². The van der Waals surface area contributed by atoms with Crippen molar-refractivity contribution in [3.05, 3.63) is 40.6 Å². The monoisotopic (exact) mass is 610 g/mol. The van der Waals surface area contributed by atoms with E-state index in [1.807, 2.05) is 0 Å². The van der Waals surface area contributed by atoms with Gasteiger partial charge in [-0.05, 0) is 25.1 Å². The first kappa shape index (κ1) is 30.7. The Morgan fingerprint density at radius 2 is 1.42 bits per heavy atom. The predicted octanol–water partition coefficient (Wildman–Crippen LogP) is -1.69. The van der Waals surface area contributed by atoms with Gasteiger partial charge in [0.25, 0.3) is 0 Å². The van der Waals surface area contributed by atoms with E-state index in [0.29, 0.717) is 0 Å². The molecule has 16 nitrogen and oxygen atoms in total. The van der Waals surface area contributed by atoms with E-state index in [4.69, 9.17) is 23.4 Å². The Morgan fingerprint density at radius 3 is 2.12 bits per heavy atom. The number of fused-ring (bicyclic) bond motifs is 1. The highest BCUT2D eigenvalue weighted by molar-refractivity contribution is 5.88. The van der Waals surface area contributed by atoms with Gasteiger partial charge in [0.15, 0.2) is 23.5 Å². The fraction of sp³-hybridized carbons (Fsp3) is 0.444. The van der Waals surface area contributed by atoms with Gasteiger partial charge >= 0.3 is 0 Å². The Morgan fingerprint density at radius 1 is 0.744 bits per heavy atom. The summed E-state index contributed by atoms with van der Waals surface area (Å²) in [6, 6.07) is 5.24. The highest BCUT2D eigenvalue weighted by atomic mass is 16.7. The molecule has 2 aliphatic heterocycles. The van der Waals surface area contributed by atoms with E-state index in [1.54, 1.807) is 0 Å². The molecule has 0 saturated carbocycles. The summed E-state index contributed by atoms with van der Waals surface area (Å²) in [6.07, 6.45) is -16.2. The van der Waals surface area contributed by atoms with Gasteiger partial charge in [0.05, 0.1) is 12.7 Å². The van der Waals surface area contributed by atoms with Crippen LogP contribution in [0.25, 0.3) is 22.3 Å². The van der Waals surface area contributed by atoms with Crippen molar-refractivity contribution in [3.8, 4) is 40.1 Å². The molecule has 5 rings (SSSR count). The molecule has 10 N–H and O–H groups in total. The second kappa shape index (κ2) is 11.8. The zero-order valence-electron chi connectivity index (χ0n) is 22.3. The summed E-state index contributed by atoms with van der Waals surface area (Å²) in [5.74, 6) is -3.33. The molecule has 2 fully saturated rings. The van der Waals surface area contributed by atoms with Crippen molar-refractivity contribution in [2.75, 3.05) is 6.61 Å². The van der Waals surface area contributed by atoms with Gasteiger partial charge in [-0.1, -0.05) is 0 Å². The third-order valence-corrected chi connectivity index (χ3v) is 7.29. The van der Waals surface area contributed by atoms with Crippen molar-refractivity contribution in [2.24, 2.45) is 0 Å². The Labute approximate surface area is 241 Å². The Hall–Kier alpha value is -3.71. The lowest BCUT2D eigenvalue weighted by Gasteiger charge is -2.42. The molecule has 2 aromatic carbocycles. The SMILES string of the molecule is C[C@@H]1O[C@@H](OC[C@@H]2O[C@H](Oc3c(-c4ccc(O)c(O)c4)oc4cc(O)cc(O)c4c3=O)[C@@H](O)[C@@H](O)[C@@H]2O)[C@H](O)[C@@H](O)[C@H]1O. The van der Waals surface area contributed by atoms with Gasteiger partial charge in [0.1, 0.15) is 65.2 Å². The zero-order chi connectivity index (χ0) is 31.3. The van der Waals surface area contributed by atoms with Gasteiger partial charge in [-0.3, -0.25) is 4.79 Å². The highest BCUT2D eigenvalue weighted by Gasteiger charge is 2.47. The third-order valence-electron chi connectivity index (χ3n) is 7.29. The minimum atomic E-state index is -1.97. The Bertz CT molecular complexity index is 1540. The summed E-state index contributed by atoms with van der Waals surface area (Å²) in [4.78, 5) is 13.6. The van der Waals surface area contributed by atoms with Crippen molar-refractivity contribution in [1.29, 1.82) is 0 Å². The average Bonchev–Trinajstić information content (AvgIpc) is 2.96. The summed E-state index contributed by atoms with van der Waals surface area (Å²) in [7, 11) is 0. The number of hydrogen-bond acceptors (Lipinski definition) is 16. The topological polar surface area (TPSA) is 269 Å². The van der Waals surface area contributed by atoms with Crippen LogP contribution in [-0.4, -0.2) is 119 Å². The minimum absolute atomic E-state index is 0.0313. The molecule has 10 atom stereocenters. The van der Waals surface area contributed by atoms with Crippen LogP contribution in [0, 0.1) is 0 Å². The molecule has 2 aliphatic rings. The largest absolute Gasteiger partial charge is 0.508 e. The standard InChI is InChI=1S/C27H30O16/c1-8-17(32)20(35)22(37)26(40-8)39-7-15-18(33)21(36)23(38)27(42-15)43-25-19(34)16-13(31)5-10(28)6-14(16)41-24(25)9-2-3-11(29)12(30)4-9/h2-6,8,15,17-18,20-23,26-33,35-38H,7H2,1H3/t8-,15-,17-,18+,20-,21-,22+,23-,26+,27+/m0/s1. The maximum atomic E-state index is 13.6. The first-order chi connectivity index (χ1) is 20.3. The van der Waals surface area contributed by atoms with Crippen LogP contribution in [0.4, 0.5) is 0 Å². The van der Waals surface area contributed by atoms with Crippen LogP contribution in [-0.2, 0) is 14.2 Å². The molecule has 234 valence electrons. The molecule has 0 amide bonds. The first-order valence-electron chi connectivity index (χ1n) is 13.0. The van der Waals surface area contributed by atoms with Gasteiger partial charge in [0, 0.05) is 17.7 Å². The number of phenolic OH excluding ortho intramolecular Hbond substituents is 4. The maximum Gasteiger partial charge on any atom is 0.239 e. The van der Waals surface area contributed by atoms with Crippen LogP contribution >= 0.6 is 0 Å². The van der Waals surface area contributed by atoms with E-state index in [2.05, 4.69) is 0 Å². The van der Waals surface area contributed by atoms with Gasteiger partial charge in [0.2, 0.25) is 17.5 Å². The van der Waals surface area contributed by atoms with E-state index in [9.17, 15) is 55.9 Å². The van der Waals surface area contributed by atoms with Crippen LogP contribution in [0.15, 0.2) is 39.5 Å². The molecule has 0 radical (unpaired) electrons. The average molecular weight is 611 g/mol. The predicted molar refractivity (Wildman–Crippen MR) is 140 cm³/mol. The molecule has 2 saturated heterocycles. The molecule has 0 bridgehead atoms. The maximum absolute atomic E-state index is 13.6. The zero-order valence-corrected chi connectivity index (χ0v) is 22.3. The molecule has 1 aromatic heterocycles. The second-order valence-corrected chi connectivity index (χ2v) is 10.3. The number of phenols is 4. The normalized spacial score (nSPS) is 33.0. The van der Waals surface area contributed by atoms with Crippen molar-refractivity contribution < 1.29 is 74.4 Å². The van der Waals surface area contributed by atoms with Crippen LogP contribution < -0.4 is 10.2 Å². The Balaban J connectivity index is 1.48. The number of aliphatic hydroxyl groups is 6. The van der Waals surface area contributed by atoms with E-state index in [-0.39, 0.29) is 11.1 Å². The fourth-order valence-electron chi connectivity index (χ4n) is 4.84. The molecule has 16 heteroatoms. The summed E-state index contributed by atoms with van der Waals surface area (Å²) in [6.45, 7) is 0.818. The van der Waals surface area contributed by atoms with Crippen LogP contribution in [0.5, 0.6) is 28.7 Å². The summed E-state index contributed by atoms with van der Waals surface area (Å²) < 4.78 is 27.8. The lowest BCUT2D eigenvalue weighted by atomic mass is 9.98. The number of aliphatic hydroxyl groups excluding tert-OH is 6. The highest BCUT2D eigenvalue weighted by Crippen LogP contribution is 2.39. The fourth-order valence-corrected chi connectivity index (χ4v) is 4.84. The summed E-state index contributed by atoms with van der Waals surface area (Å²) in [5, 5.41) is 101. The third kappa shape index (κ3) is 5.67. The number of hydrogen-bond donors (Lipinski definition) is 10. The van der Waals surface area contributed by atoms with Crippen molar-refractivity contribution in [1.82, 2.24) is 0 Å². The second-order valence-electron chi connectivity index (χ2n) is 10.3. The van der Waals surface area contributed by atoms with Crippen molar-refractivity contribution in [3.63, 3.8) is 0 Å². The summed E-state index contributed by atoms with van der Waals surface area (Å²) in [5.41, 5.74) is -1.35. The van der Waals surface area contributed by atoms with E-state index < -0.39 is 113 Å². The molecule has 3 aromatic rings. The lowest BCUT2D eigenvalue weighted by Crippen LogP contribution is -2.61. The molecular weight excluding hydrogens is 580 g/mol. The number of aromatic hydroxyl groups is 4. The van der Waals surface area contributed by atoms with E-state index in [0.717, 1.165) is 24.3 Å². The molecular formula is C27H30O16. The first-order valence-corrected chi connectivity index (χ1v) is 13.0. The van der Waals surface area contributed by atoms with E-state index >= 15 is 0 Å². The van der Waals surface area contributed by atoms with Crippen LogP contribution in [0.2, 0.25) is 0 Å². The molecule has 0 aliphatic carbocycles. The molecule has 3 heterocycles. The summed E-state index contributed by atoms with van der Waals surface area (Å²) >= 11 is 0. The number of benzene rings is 2. The van der Waals surface area contributed by atoms with Gasteiger partial charge in [-0.2, -0.15) is 0 Å². The molecule has 0 unspecified atom stereocenters. The molecule has 0 spiro atoms. The number of ether oxygens (including phenoxy) is 4.